The third-order valence-corrected chi connectivity index (χ3v) is 4.92. The van der Waals surface area contributed by atoms with E-state index < -0.39 is 0 Å². The van der Waals surface area contributed by atoms with Crippen LogP contribution < -0.4 is 5.32 Å². The molecular formula is C16H30N2O. The summed E-state index contributed by atoms with van der Waals surface area (Å²) in [6.45, 7) is 10.3. The minimum absolute atomic E-state index is 0.389. The average Bonchev–Trinajstić information content (AvgIpc) is 3.31. The van der Waals surface area contributed by atoms with Gasteiger partial charge in [0.15, 0.2) is 0 Å². The highest BCUT2D eigenvalue weighted by Crippen LogP contribution is 2.36. The van der Waals surface area contributed by atoms with Crippen molar-refractivity contribution in [3.05, 3.63) is 0 Å². The van der Waals surface area contributed by atoms with E-state index in [4.69, 9.17) is 4.74 Å². The largest absolute Gasteiger partial charge is 0.381 e. The molecule has 1 aliphatic heterocycles. The van der Waals surface area contributed by atoms with Gasteiger partial charge in [0.1, 0.15) is 0 Å². The Morgan fingerprint density at radius 2 is 1.84 bits per heavy atom. The van der Waals surface area contributed by atoms with Gasteiger partial charge in [-0.15, -0.1) is 0 Å². The van der Waals surface area contributed by atoms with E-state index >= 15 is 0 Å². The minimum Gasteiger partial charge on any atom is -0.381 e. The van der Waals surface area contributed by atoms with E-state index in [1.807, 2.05) is 0 Å². The normalized spacial score (nSPS) is 31.3. The van der Waals surface area contributed by atoms with Gasteiger partial charge in [-0.05, 0) is 50.5 Å². The van der Waals surface area contributed by atoms with Crippen LogP contribution in [-0.4, -0.2) is 50.8 Å². The van der Waals surface area contributed by atoms with Crippen molar-refractivity contribution in [2.45, 2.75) is 39.0 Å². The lowest BCUT2D eigenvalue weighted by molar-refractivity contribution is 0.103. The molecular weight excluding hydrogens is 236 g/mol. The number of hydrogen-bond acceptors (Lipinski definition) is 3. The predicted molar refractivity (Wildman–Crippen MR) is 78.3 cm³/mol. The average molecular weight is 266 g/mol. The predicted octanol–water partition coefficient (Wildman–Crippen LogP) is 2.12. The van der Waals surface area contributed by atoms with Gasteiger partial charge in [-0.25, -0.2) is 0 Å². The van der Waals surface area contributed by atoms with E-state index in [9.17, 15) is 0 Å². The molecule has 3 nitrogen and oxygen atoms in total. The Kier molecular flexibility index (Phi) is 4.45. The van der Waals surface area contributed by atoms with Gasteiger partial charge in [-0.3, -0.25) is 0 Å². The molecule has 1 N–H and O–H groups in total. The first kappa shape index (κ1) is 13.8. The van der Waals surface area contributed by atoms with Crippen LogP contribution in [0.5, 0.6) is 0 Å². The zero-order chi connectivity index (χ0) is 13.1. The summed E-state index contributed by atoms with van der Waals surface area (Å²) < 4.78 is 5.73. The van der Waals surface area contributed by atoms with Crippen molar-refractivity contribution in [3.63, 3.8) is 0 Å². The van der Waals surface area contributed by atoms with E-state index in [-0.39, 0.29) is 0 Å². The van der Waals surface area contributed by atoms with Gasteiger partial charge in [0.05, 0.1) is 6.61 Å². The summed E-state index contributed by atoms with van der Waals surface area (Å²) in [7, 11) is 0. The van der Waals surface area contributed by atoms with Gasteiger partial charge in [-0.1, -0.05) is 6.92 Å². The SMILES string of the molecule is CCNCC1(CN(CC2CC2)CC2CC2)CCOC1. The molecule has 0 spiro atoms. The molecule has 1 unspecified atom stereocenters. The molecule has 0 aromatic rings. The summed E-state index contributed by atoms with van der Waals surface area (Å²) in [5, 5.41) is 3.57. The molecule has 0 aromatic carbocycles. The van der Waals surface area contributed by atoms with E-state index in [2.05, 4.69) is 17.1 Å². The fourth-order valence-corrected chi connectivity index (χ4v) is 3.37. The van der Waals surface area contributed by atoms with Crippen molar-refractivity contribution < 1.29 is 4.74 Å². The number of ether oxygens (including phenoxy) is 1. The van der Waals surface area contributed by atoms with E-state index in [0.29, 0.717) is 5.41 Å². The van der Waals surface area contributed by atoms with Crippen LogP contribution in [0.1, 0.15) is 39.0 Å². The number of rotatable bonds is 9. The standard InChI is InChI=1S/C16H30N2O/c1-2-17-11-16(7-8-19-13-16)12-18(9-14-3-4-14)10-15-5-6-15/h14-15,17H,2-13H2,1H3. The Labute approximate surface area is 118 Å². The zero-order valence-electron chi connectivity index (χ0n) is 12.5. The third-order valence-electron chi connectivity index (χ3n) is 4.92. The van der Waals surface area contributed by atoms with Gasteiger partial charge in [0.2, 0.25) is 0 Å². The maximum absolute atomic E-state index is 5.73. The van der Waals surface area contributed by atoms with Gasteiger partial charge in [-0.2, -0.15) is 0 Å². The molecule has 2 aliphatic carbocycles. The number of nitrogens with one attached hydrogen (secondary N) is 1. The lowest BCUT2D eigenvalue weighted by atomic mass is 9.86. The molecule has 3 heteroatoms. The summed E-state index contributed by atoms with van der Waals surface area (Å²) in [5.41, 5.74) is 0.389. The van der Waals surface area contributed by atoms with Crippen LogP contribution in [0.15, 0.2) is 0 Å². The lowest BCUT2D eigenvalue weighted by Gasteiger charge is -2.35. The van der Waals surface area contributed by atoms with Crippen LogP contribution in [0, 0.1) is 17.3 Å². The topological polar surface area (TPSA) is 24.5 Å². The summed E-state index contributed by atoms with van der Waals surface area (Å²) in [6, 6.07) is 0. The lowest BCUT2D eigenvalue weighted by Crippen LogP contribution is -2.46. The molecule has 110 valence electrons. The molecule has 0 bridgehead atoms. The highest BCUT2D eigenvalue weighted by atomic mass is 16.5. The maximum Gasteiger partial charge on any atom is 0.0547 e. The molecule has 0 radical (unpaired) electrons. The molecule has 1 atom stereocenters. The van der Waals surface area contributed by atoms with Crippen molar-refractivity contribution in [1.29, 1.82) is 0 Å². The van der Waals surface area contributed by atoms with E-state index in [0.717, 1.165) is 38.1 Å². The Morgan fingerprint density at radius 1 is 1.16 bits per heavy atom. The molecule has 1 heterocycles. The molecule has 1 saturated heterocycles. The van der Waals surface area contributed by atoms with Crippen LogP contribution in [-0.2, 0) is 4.74 Å². The van der Waals surface area contributed by atoms with E-state index in [1.54, 1.807) is 0 Å². The third kappa shape index (κ3) is 4.17. The van der Waals surface area contributed by atoms with Crippen LogP contribution in [0.3, 0.4) is 0 Å². The Morgan fingerprint density at radius 3 is 2.32 bits per heavy atom. The maximum atomic E-state index is 5.73. The fourth-order valence-electron chi connectivity index (χ4n) is 3.37. The first-order valence-corrected chi connectivity index (χ1v) is 8.30. The number of hydrogen-bond donors (Lipinski definition) is 1. The second-order valence-electron chi connectivity index (χ2n) is 7.16. The van der Waals surface area contributed by atoms with Crippen LogP contribution in [0.4, 0.5) is 0 Å². The number of nitrogens with zero attached hydrogens (tertiary/aromatic N) is 1. The summed E-state index contributed by atoms with van der Waals surface area (Å²) in [5.74, 6) is 2.02. The first-order valence-electron chi connectivity index (χ1n) is 8.30. The van der Waals surface area contributed by atoms with Gasteiger partial charge in [0.25, 0.3) is 0 Å². The summed E-state index contributed by atoms with van der Waals surface area (Å²) in [4.78, 5) is 2.78. The molecule has 3 aliphatic rings. The highest BCUT2D eigenvalue weighted by Gasteiger charge is 2.38. The summed E-state index contributed by atoms with van der Waals surface area (Å²) >= 11 is 0. The molecule has 19 heavy (non-hydrogen) atoms. The molecule has 0 amide bonds. The Bertz CT molecular complexity index is 266. The van der Waals surface area contributed by atoms with Gasteiger partial charge in [0, 0.05) is 38.2 Å². The first-order chi connectivity index (χ1) is 9.30. The highest BCUT2D eigenvalue weighted by molar-refractivity contribution is 4.91. The summed E-state index contributed by atoms with van der Waals surface area (Å²) in [6.07, 6.45) is 7.12. The smallest absolute Gasteiger partial charge is 0.0547 e. The monoisotopic (exact) mass is 266 g/mol. The quantitative estimate of drug-likeness (QED) is 0.692. The van der Waals surface area contributed by atoms with Gasteiger partial charge < -0.3 is 15.0 Å². The van der Waals surface area contributed by atoms with Crippen LogP contribution in [0.25, 0.3) is 0 Å². The zero-order valence-corrected chi connectivity index (χ0v) is 12.5. The molecule has 2 saturated carbocycles. The second kappa shape index (κ2) is 6.11. The van der Waals surface area contributed by atoms with Gasteiger partial charge >= 0.3 is 0 Å². The Hall–Kier alpha value is -0.120. The van der Waals surface area contributed by atoms with Crippen LogP contribution in [0.2, 0.25) is 0 Å². The molecule has 3 fully saturated rings. The van der Waals surface area contributed by atoms with Crippen molar-refractivity contribution >= 4 is 0 Å². The molecule has 3 rings (SSSR count). The fraction of sp³-hybridized carbons (Fsp3) is 1.00. The second-order valence-corrected chi connectivity index (χ2v) is 7.16. The van der Waals surface area contributed by atoms with Crippen molar-refractivity contribution in [2.24, 2.45) is 17.3 Å². The molecule has 0 aromatic heterocycles. The van der Waals surface area contributed by atoms with E-state index in [1.165, 1.54) is 51.7 Å². The van der Waals surface area contributed by atoms with Crippen molar-refractivity contribution in [1.82, 2.24) is 10.2 Å². The Balaban J connectivity index is 1.55. The van der Waals surface area contributed by atoms with Crippen molar-refractivity contribution in [3.8, 4) is 0 Å². The van der Waals surface area contributed by atoms with Crippen LogP contribution >= 0.6 is 0 Å². The minimum atomic E-state index is 0.389. The van der Waals surface area contributed by atoms with Crippen molar-refractivity contribution in [2.75, 3.05) is 45.9 Å².